The SMILES string of the molecule is CNCC(CCC(C)(C)C)C1CCCC1. The number of hydrogen-bond donors (Lipinski definition) is 1. The first-order chi connectivity index (χ1) is 7.03. The van der Waals surface area contributed by atoms with Crippen LogP contribution >= 0.6 is 0 Å². The Morgan fingerprint density at radius 1 is 1.20 bits per heavy atom. The summed E-state index contributed by atoms with van der Waals surface area (Å²) in [4.78, 5) is 0. The standard InChI is InChI=1S/C14H29N/c1-14(2,3)10-9-13(11-15-4)12-7-5-6-8-12/h12-13,15H,5-11H2,1-4H3. The van der Waals surface area contributed by atoms with Crippen molar-refractivity contribution in [3.8, 4) is 0 Å². The van der Waals surface area contributed by atoms with Crippen molar-refractivity contribution in [2.24, 2.45) is 17.3 Å². The van der Waals surface area contributed by atoms with E-state index in [0.29, 0.717) is 5.41 Å². The molecule has 0 aromatic carbocycles. The average molecular weight is 211 g/mol. The summed E-state index contributed by atoms with van der Waals surface area (Å²) in [5.41, 5.74) is 0.505. The summed E-state index contributed by atoms with van der Waals surface area (Å²) < 4.78 is 0. The minimum absolute atomic E-state index is 0.505. The molecule has 1 heteroatoms. The van der Waals surface area contributed by atoms with Crippen molar-refractivity contribution < 1.29 is 0 Å². The Morgan fingerprint density at radius 2 is 1.80 bits per heavy atom. The van der Waals surface area contributed by atoms with Gasteiger partial charge in [0.15, 0.2) is 0 Å². The third-order valence-corrected chi connectivity index (χ3v) is 3.80. The second-order valence-corrected chi connectivity index (χ2v) is 6.46. The molecule has 1 N–H and O–H groups in total. The van der Waals surface area contributed by atoms with E-state index < -0.39 is 0 Å². The molecular formula is C14H29N. The molecule has 1 fully saturated rings. The summed E-state index contributed by atoms with van der Waals surface area (Å²) in [5, 5.41) is 3.38. The molecular weight excluding hydrogens is 182 g/mol. The van der Waals surface area contributed by atoms with E-state index in [1.807, 2.05) is 0 Å². The monoisotopic (exact) mass is 211 g/mol. The minimum atomic E-state index is 0.505. The van der Waals surface area contributed by atoms with E-state index in [-0.39, 0.29) is 0 Å². The molecule has 0 heterocycles. The van der Waals surface area contributed by atoms with Crippen LogP contribution in [0, 0.1) is 17.3 Å². The van der Waals surface area contributed by atoms with Gasteiger partial charge < -0.3 is 5.32 Å². The van der Waals surface area contributed by atoms with Crippen LogP contribution in [0.3, 0.4) is 0 Å². The average Bonchev–Trinajstić information content (AvgIpc) is 2.63. The quantitative estimate of drug-likeness (QED) is 0.728. The lowest BCUT2D eigenvalue weighted by molar-refractivity contribution is 0.256. The summed E-state index contributed by atoms with van der Waals surface area (Å²) in [7, 11) is 2.10. The highest BCUT2D eigenvalue weighted by Crippen LogP contribution is 2.35. The van der Waals surface area contributed by atoms with Crippen molar-refractivity contribution >= 4 is 0 Å². The van der Waals surface area contributed by atoms with Crippen molar-refractivity contribution in [1.82, 2.24) is 5.32 Å². The van der Waals surface area contributed by atoms with Crippen molar-refractivity contribution in [2.75, 3.05) is 13.6 Å². The maximum absolute atomic E-state index is 3.38. The third-order valence-electron chi connectivity index (χ3n) is 3.80. The Labute approximate surface area is 96.0 Å². The fraction of sp³-hybridized carbons (Fsp3) is 1.00. The van der Waals surface area contributed by atoms with Gasteiger partial charge in [-0.2, -0.15) is 0 Å². The Kier molecular flexibility index (Phi) is 5.11. The highest BCUT2D eigenvalue weighted by molar-refractivity contribution is 4.78. The lowest BCUT2D eigenvalue weighted by atomic mass is 9.81. The van der Waals surface area contributed by atoms with Gasteiger partial charge in [-0.15, -0.1) is 0 Å². The maximum atomic E-state index is 3.38. The maximum Gasteiger partial charge on any atom is -0.00209 e. The molecule has 1 nitrogen and oxygen atoms in total. The molecule has 0 saturated heterocycles. The molecule has 0 spiro atoms. The molecule has 0 aromatic heterocycles. The lowest BCUT2D eigenvalue weighted by Crippen LogP contribution is -2.26. The van der Waals surface area contributed by atoms with Gasteiger partial charge >= 0.3 is 0 Å². The molecule has 1 saturated carbocycles. The molecule has 0 radical (unpaired) electrons. The van der Waals surface area contributed by atoms with Crippen LogP contribution in [0.15, 0.2) is 0 Å². The first kappa shape index (κ1) is 13.0. The molecule has 1 aliphatic carbocycles. The zero-order valence-corrected chi connectivity index (χ0v) is 11.1. The normalized spacial score (nSPS) is 20.8. The van der Waals surface area contributed by atoms with E-state index in [4.69, 9.17) is 0 Å². The molecule has 1 unspecified atom stereocenters. The van der Waals surface area contributed by atoms with Gasteiger partial charge in [0.1, 0.15) is 0 Å². The fourth-order valence-electron chi connectivity index (χ4n) is 2.81. The van der Waals surface area contributed by atoms with Crippen LogP contribution in [-0.2, 0) is 0 Å². The van der Waals surface area contributed by atoms with Crippen LogP contribution in [-0.4, -0.2) is 13.6 Å². The van der Waals surface area contributed by atoms with Gasteiger partial charge in [-0.05, 0) is 43.7 Å². The Bertz CT molecular complexity index is 163. The van der Waals surface area contributed by atoms with E-state index in [9.17, 15) is 0 Å². The molecule has 15 heavy (non-hydrogen) atoms. The second-order valence-electron chi connectivity index (χ2n) is 6.46. The summed E-state index contributed by atoms with van der Waals surface area (Å²) in [6.07, 6.45) is 8.69. The summed E-state index contributed by atoms with van der Waals surface area (Å²) in [6.45, 7) is 8.30. The van der Waals surface area contributed by atoms with Crippen LogP contribution in [0.25, 0.3) is 0 Å². The van der Waals surface area contributed by atoms with Crippen LogP contribution in [0.1, 0.15) is 59.3 Å². The van der Waals surface area contributed by atoms with E-state index in [0.717, 1.165) is 11.8 Å². The highest BCUT2D eigenvalue weighted by atomic mass is 14.8. The molecule has 1 aliphatic rings. The Balaban J connectivity index is 2.35. The molecule has 0 aromatic rings. The first-order valence-electron chi connectivity index (χ1n) is 6.67. The topological polar surface area (TPSA) is 12.0 Å². The number of nitrogens with one attached hydrogen (secondary N) is 1. The summed E-state index contributed by atoms with van der Waals surface area (Å²) >= 11 is 0. The molecule has 0 amide bonds. The second kappa shape index (κ2) is 5.89. The molecule has 0 aliphatic heterocycles. The van der Waals surface area contributed by atoms with E-state index in [2.05, 4.69) is 33.1 Å². The van der Waals surface area contributed by atoms with Gasteiger partial charge in [-0.25, -0.2) is 0 Å². The number of rotatable bonds is 5. The van der Waals surface area contributed by atoms with Crippen LogP contribution < -0.4 is 5.32 Å². The predicted octanol–water partition coefficient (Wildman–Crippen LogP) is 3.84. The molecule has 1 rings (SSSR count). The van der Waals surface area contributed by atoms with Crippen molar-refractivity contribution in [3.63, 3.8) is 0 Å². The van der Waals surface area contributed by atoms with Crippen LogP contribution in [0.2, 0.25) is 0 Å². The molecule has 0 bridgehead atoms. The highest BCUT2D eigenvalue weighted by Gasteiger charge is 2.25. The Hall–Kier alpha value is -0.0400. The van der Waals surface area contributed by atoms with Gasteiger partial charge in [0.25, 0.3) is 0 Å². The zero-order valence-electron chi connectivity index (χ0n) is 11.1. The predicted molar refractivity (Wildman–Crippen MR) is 68.1 cm³/mol. The van der Waals surface area contributed by atoms with E-state index in [1.54, 1.807) is 0 Å². The van der Waals surface area contributed by atoms with Gasteiger partial charge in [0, 0.05) is 0 Å². The van der Waals surface area contributed by atoms with Gasteiger partial charge in [0.2, 0.25) is 0 Å². The molecule has 90 valence electrons. The van der Waals surface area contributed by atoms with Crippen LogP contribution in [0.5, 0.6) is 0 Å². The lowest BCUT2D eigenvalue weighted by Gasteiger charge is -2.27. The van der Waals surface area contributed by atoms with Crippen LogP contribution in [0.4, 0.5) is 0 Å². The van der Waals surface area contributed by atoms with E-state index >= 15 is 0 Å². The Morgan fingerprint density at radius 3 is 2.27 bits per heavy atom. The first-order valence-corrected chi connectivity index (χ1v) is 6.67. The number of hydrogen-bond acceptors (Lipinski definition) is 1. The van der Waals surface area contributed by atoms with Gasteiger partial charge in [-0.1, -0.05) is 46.5 Å². The minimum Gasteiger partial charge on any atom is -0.319 e. The van der Waals surface area contributed by atoms with Crippen molar-refractivity contribution in [1.29, 1.82) is 0 Å². The fourth-order valence-corrected chi connectivity index (χ4v) is 2.81. The van der Waals surface area contributed by atoms with Crippen molar-refractivity contribution in [2.45, 2.75) is 59.3 Å². The smallest absolute Gasteiger partial charge is 0.00209 e. The third kappa shape index (κ3) is 5.01. The van der Waals surface area contributed by atoms with Crippen molar-refractivity contribution in [3.05, 3.63) is 0 Å². The summed E-state index contributed by atoms with van der Waals surface area (Å²) in [5.74, 6) is 1.94. The van der Waals surface area contributed by atoms with Gasteiger partial charge in [-0.3, -0.25) is 0 Å². The van der Waals surface area contributed by atoms with Gasteiger partial charge in [0.05, 0.1) is 0 Å². The largest absolute Gasteiger partial charge is 0.319 e. The molecule has 1 atom stereocenters. The summed E-state index contributed by atoms with van der Waals surface area (Å²) in [6, 6.07) is 0. The van der Waals surface area contributed by atoms with E-state index in [1.165, 1.54) is 45.1 Å². The zero-order chi connectivity index (χ0) is 11.3.